The highest BCUT2D eigenvalue weighted by molar-refractivity contribution is 6.30. The number of benzene rings is 1. The molecule has 1 aliphatic rings. The van der Waals surface area contributed by atoms with Crippen molar-refractivity contribution in [2.75, 3.05) is 6.61 Å². The Hall–Kier alpha value is -1.22. The lowest BCUT2D eigenvalue weighted by molar-refractivity contribution is -0.141. The Balaban J connectivity index is 2.17. The molecule has 0 aliphatic carbocycles. The van der Waals surface area contributed by atoms with Crippen molar-refractivity contribution >= 4 is 17.6 Å². The molecule has 2 atom stereocenters. The monoisotopic (exact) mass is 240 g/mol. The molecule has 0 aromatic heterocycles. The Kier molecular flexibility index (Phi) is 3.06. The average Bonchev–Trinajstić information content (AvgIpc) is 2.61. The third kappa shape index (κ3) is 2.14. The fourth-order valence-electron chi connectivity index (χ4n) is 1.97. The predicted octanol–water partition coefficient (Wildman–Crippen LogP) is 2.93. The van der Waals surface area contributed by atoms with Crippen LogP contribution in [0.3, 0.4) is 0 Å². The topological polar surface area (TPSA) is 46.5 Å². The van der Waals surface area contributed by atoms with Crippen molar-refractivity contribution in [3.8, 4) is 5.75 Å². The van der Waals surface area contributed by atoms with Gasteiger partial charge in [0.15, 0.2) is 0 Å². The minimum Gasteiger partial charge on any atom is -0.493 e. The fourth-order valence-corrected chi connectivity index (χ4v) is 2.15. The average molecular weight is 241 g/mol. The quantitative estimate of drug-likeness (QED) is 0.884. The minimum absolute atomic E-state index is 0.139. The molecular weight excluding hydrogens is 228 g/mol. The van der Waals surface area contributed by atoms with Crippen molar-refractivity contribution in [1.29, 1.82) is 0 Å². The number of fused-ring (bicyclic) bond motifs is 1. The zero-order chi connectivity index (χ0) is 11.7. The van der Waals surface area contributed by atoms with Crippen LogP contribution in [0.15, 0.2) is 18.2 Å². The highest BCUT2D eigenvalue weighted by Gasteiger charge is 2.27. The Bertz CT molecular complexity index is 417. The molecule has 2 unspecified atom stereocenters. The Labute approximate surface area is 99.0 Å². The molecule has 4 heteroatoms. The van der Waals surface area contributed by atoms with Gasteiger partial charge in [-0.15, -0.1) is 0 Å². The first-order valence-electron chi connectivity index (χ1n) is 5.23. The van der Waals surface area contributed by atoms with Crippen molar-refractivity contribution in [3.63, 3.8) is 0 Å². The smallest absolute Gasteiger partial charge is 0.306 e. The molecule has 1 aliphatic heterocycles. The molecule has 86 valence electrons. The molecule has 0 amide bonds. The van der Waals surface area contributed by atoms with Crippen molar-refractivity contribution in [3.05, 3.63) is 28.8 Å². The van der Waals surface area contributed by atoms with Gasteiger partial charge in [-0.05, 0) is 24.6 Å². The van der Waals surface area contributed by atoms with E-state index in [1.807, 2.05) is 12.1 Å². The standard InChI is InChI=1S/C12H13ClO3/c1-7(12(14)15)4-8-6-16-11-3-2-9(13)5-10(8)11/h2-3,5,7-8H,4,6H2,1H3,(H,14,15). The maximum atomic E-state index is 10.8. The number of hydrogen-bond donors (Lipinski definition) is 1. The summed E-state index contributed by atoms with van der Waals surface area (Å²) >= 11 is 5.92. The lowest BCUT2D eigenvalue weighted by Crippen LogP contribution is -2.14. The number of ether oxygens (including phenoxy) is 1. The van der Waals surface area contributed by atoms with Crippen LogP contribution in [0.5, 0.6) is 5.75 Å². The summed E-state index contributed by atoms with van der Waals surface area (Å²) in [7, 11) is 0. The zero-order valence-corrected chi connectivity index (χ0v) is 9.70. The largest absolute Gasteiger partial charge is 0.493 e. The summed E-state index contributed by atoms with van der Waals surface area (Å²) in [4.78, 5) is 10.8. The first-order chi connectivity index (χ1) is 7.58. The molecule has 1 N–H and O–H groups in total. The van der Waals surface area contributed by atoms with Gasteiger partial charge < -0.3 is 9.84 Å². The lowest BCUT2D eigenvalue weighted by atomic mass is 9.91. The van der Waals surface area contributed by atoms with E-state index in [-0.39, 0.29) is 11.8 Å². The normalized spacial score (nSPS) is 20.0. The number of hydrogen-bond acceptors (Lipinski definition) is 2. The first-order valence-corrected chi connectivity index (χ1v) is 5.60. The van der Waals surface area contributed by atoms with Crippen LogP contribution in [0, 0.1) is 5.92 Å². The van der Waals surface area contributed by atoms with E-state index in [2.05, 4.69) is 0 Å². The Morgan fingerprint density at radius 2 is 2.44 bits per heavy atom. The number of halogens is 1. The molecule has 0 saturated carbocycles. The molecular formula is C12H13ClO3. The first kappa shape index (κ1) is 11.3. The van der Waals surface area contributed by atoms with E-state index in [1.165, 1.54) is 0 Å². The summed E-state index contributed by atoms with van der Waals surface area (Å²) in [5.74, 6) is -0.166. The van der Waals surface area contributed by atoms with Gasteiger partial charge in [0.2, 0.25) is 0 Å². The molecule has 1 aromatic rings. The third-order valence-electron chi connectivity index (χ3n) is 2.91. The summed E-state index contributed by atoms with van der Waals surface area (Å²) in [6.45, 7) is 2.26. The molecule has 3 nitrogen and oxygen atoms in total. The summed E-state index contributed by atoms with van der Waals surface area (Å²) in [5.41, 5.74) is 1.03. The molecule has 0 radical (unpaired) electrons. The summed E-state index contributed by atoms with van der Waals surface area (Å²) < 4.78 is 5.50. The maximum Gasteiger partial charge on any atom is 0.306 e. The number of carbonyl (C=O) groups is 1. The second kappa shape index (κ2) is 4.34. The fraction of sp³-hybridized carbons (Fsp3) is 0.417. The summed E-state index contributed by atoms with van der Waals surface area (Å²) in [5, 5.41) is 9.54. The van der Waals surface area contributed by atoms with E-state index in [4.69, 9.17) is 21.4 Å². The minimum atomic E-state index is -0.768. The van der Waals surface area contributed by atoms with E-state index >= 15 is 0 Å². The molecule has 0 spiro atoms. The third-order valence-corrected chi connectivity index (χ3v) is 3.15. The van der Waals surface area contributed by atoms with Gasteiger partial charge in [-0.1, -0.05) is 18.5 Å². The van der Waals surface area contributed by atoms with Gasteiger partial charge >= 0.3 is 5.97 Å². The summed E-state index contributed by atoms with van der Waals surface area (Å²) in [6, 6.07) is 5.48. The van der Waals surface area contributed by atoms with Gasteiger partial charge in [0.25, 0.3) is 0 Å². The Morgan fingerprint density at radius 3 is 3.12 bits per heavy atom. The molecule has 0 saturated heterocycles. The van der Waals surface area contributed by atoms with E-state index in [0.29, 0.717) is 18.1 Å². The maximum absolute atomic E-state index is 10.8. The molecule has 0 bridgehead atoms. The molecule has 16 heavy (non-hydrogen) atoms. The van der Waals surface area contributed by atoms with Crippen molar-refractivity contribution in [2.45, 2.75) is 19.3 Å². The second-order valence-corrected chi connectivity index (χ2v) is 4.60. The molecule has 1 heterocycles. The highest BCUT2D eigenvalue weighted by atomic mass is 35.5. The van der Waals surface area contributed by atoms with Crippen molar-refractivity contribution in [2.24, 2.45) is 5.92 Å². The molecule has 0 fully saturated rings. The Morgan fingerprint density at radius 1 is 1.69 bits per heavy atom. The van der Waals surface area contributed by atoms with E-state index in [0.717, 1.165) is 11.3 Å². The SMILES string of the molecule is CC(CC1COc2ccc(Cl)cc21)C(=O)O. The van der Waals surface area contributed by atoms with Gasteiger partial charge in [-0.3, -0.25) is 4.79 Å². The molecule has 1 aromatic carbocycles. The van der Waals surface area contributed by atoms with Crippen LogP contribution in [0.2, 0.25) is 5.02 Å². The zero-order valence-electron chi connectivity index (χ0n) is 8.94. The number of aliphatic carboxylic acids is 1. The second-order valence-electron chi connectivity index (χ2n) is 4.17. The lowest BCUT2D eigenvalue weighted by Gasteiger charge is -2.11. The van der Waals surface area contributed by atoms with Crippen LogP contribution in [0.4, 0.5) is 0 Å². The van der Waals surface area contributed by atoms with Crippen LogP contribution in [-0.2, 0) is 4.79 Å². The van der Waals surface area contributed by atoms with Gasteiger partial charge in [0.05, 0.1) is 12.5 Å². The number of carboxylic acid groups (broad SMARTS) is 1. The predicted molar refractivity (Wildman–Crippen MR) is 61.1 cm³/mol. The van der Waals surface area contributed by atoms with E-state index in [9.17, 15) is 4.79 Å². The van der Waals surface area contributed by atoms with Gasteiger partial charge in [0.1, 0.15) is 5.75 Å². The van der Waals surface area contributed by atoms with Crippen LogP contribution < -0.4 is 4.74 Å². The van der Waals surface area contributed by atoms with Crippen molar-refractivity contribution < 1.29 is 14.6 Å². The van der Waals surface area contributed by atoms with Gasteiger partial charge in [-0.2, -0.15) is 0 Å². The van der Waals surface area contributed by atoms with E-state index < -0.39 is 5.97 Å². The van der Waals surface area contributed by atoms with Crippen LogP contribution in [0.1, 0.15) is 24.8 Å². The highest BCUT2D eigenvalue weighted by Crippen LogP contribution is 2.38. The van der Waals surface area contributed by atoms with Crippen LogP contribution >= 0.6 is 11.6 Å². The van der Waals surface area contributed by atoms with Gasteiger partial charge in [-0.25, -0.2) is 0 Å². The molecule has 2 rings (SSSR count). The van der Waals surface area contributed by atoms with Gasteiger partial charge in [0, 0.05) is 16.5 Å². The van der Waals surface area contributed by atoms with Crippen LogP contribution in [-0.4, -0.2) is 17.7 Å². The van der Waals surface area contributed by atoms with E-state index in [1.54, 1.807) is 13.0 Å². The van der Waals surface area contributed by atoms with Crippen LogP contribution in [0.25, 0.3) is 0 Å². The summed E-state index contributed by atoms with van der Waals surface area (Å²) in [6.07, 6.45) is 0.586. The number of rotatable bonds is 3. The number of carboxylic acids is 1. The van der Waals surface area contributed by atoms with Crippen molar-refractivity contribution in [1.82, 2.24) is 0 Å².